The van der Waals surface area contributed by atoms with Crippen LogP contribution in [0.2, 0.25) is 0 Å². The smallest absolute Gasteiger partial charge is 0.272 e. The predicted octanol–water partition coefficient (Wildman–Crippen LogP) is 1.22. The average Bonchev–Trinajstić information content (AvgIpc) is 3.14. The lowest BCUT2D eigenvalue weighted by molar-refractivity contribution is 0.0673. The number of aryl methyl sites for hydroxylation is 1. The van der Waals surface area contributed by atoms with E-state index in [1.165, 1.54) is 12.8 Å². The second kappa shape index (κ2) is 6.84. The van der Waals surface area contributed by atoms with E-state index in [0.29, 0.717) is 24.7 Å². The number of rotatable bonds is 4. The highest BCUT2D eigenvalue weighted by Gasteiger charge is 2.29. The third-order valence-electron chi connectivity index (χ3n) is 5.17. The molecule has 8 heteroatoms. The molecule has 0 radical (unpaired) electrons. The Morgan fingerprint density at radius 3 is 2.67 bits per heavy atom. The highest BCUT2D eigenvalue weighted by atomic mass is 32.2. The van der Waals surface area contributed by atoms with Gasteiger partial charge in [-0.15, -0.1) is 0 Å². The number of likely N-dealkylation sites (tertiary alicyclic amines) is 1. The molecule has 1 amide bonds. The molecule has 0 aromatic carbocycles. The molecule has 1 aromatic heterocycles. The maximum Gasteiger partial charge on any atom is 0.272 e. The molecule has 7 nitrogen and oxygen atoms in total. The quantitative estimate of drug-likeness (QED) is 0.879. The molecule has 2 fully saturated rings. The van der Waals surface area contributed by atoms with E-state index in [1.54, 1.807) is 16.6 Å². The van der Waals surface area contributed by atoms with Gasteiger partial charge in [-0.05, 0) is 37.7 Å². The Morgan fingerprint density at radius 2 is 2.00 bits per heavy atom. The maximum atomic E-state index is 12.8. The van der Waals surface area contributed by atoms with Gasteiger partial charge in [0.1, 0.15) is 5.69 Å². The summed E-state index contributed by atoms with van der Waals surface area (Å²) in [6.07, 6.45) is 6.34. The minimum Gasteiger partial charge on any atom is -0.337 e. The highest BCUT2D eigenvalue weighted by Crippen LogP contribution is 2.33. The van der Waals surface area contributed by atoms with Gasteiger partial charge in [0.15, 0.2) is 0 Å². The molecule has 0 bridgehead atoms. The van der Waals surface area contributed by atoms with Gasteiger partial charge >= 0.3 is 0 Å². The molecular formula is C16H26N4O3S. The third kappa shape index (κ3) is 3.97. The van der Waals surface area contributed by atoms with Crippen LogP contribution in [0.15, 0.2) is 6.07 Å². The zero-order valence-electron chi connectivity index (χ0n) is 14.1. The van der Waals surface area contributed by atoms with Crippen LogP contribution < -0.4 is 5.14 Å². The van der Waals surface area contributed by atoms with Crippen LogP contribution in [0.1, 0.15) is 60.6 Å². The van der Waals surface area contributed by atoms with E-state index >= 15 is 0 Å². The van der Waals surface area contributed by atoms with Crippen molar-refractivity contribution < 1.29 is 13.2 Å². The molecule has 1 saturated carbocycles. The molecule has 1 saturated heterocycles. The number of primary sulfonamides is 1. The summed E-state index contributed by atoms with van der Waals surface area (Å²) in [5, 5.41) is 9.69. The van der Waals surface area contributed by atoms with Gasteiger partial charge in [0.2, 0.25) is 10.0 Å². The van der Waals surface area contributed by atoms with E-state index in [2.05, 4.69) is 5.10 Å². The van der Waals surface area contributed by atoms with Gasteiger partial charge in [0.05, 0.1) is 11.4 Å². The molecule has 1 atom stereocenters. The van der Waals surface area contributed by atoms with Crippen molar-refractivity contribution in [2.24, 2.45) is 18.1 Å². The number of piperidine rings is 1. The minimum absolute atomic E-state index is 0.0600. The molecule has 0 spiro atoms. The van der Waals surface area contributed by atoms with Crippen LogP contribution in [0, 0.1) is 5.92 Å². The fraction of sp³-hybridized carbons (Fsp3) is 0.750. The number of hydrogen-bond donors (Lipinski definition) is 1. The van der Waals surface area contributed by atoms with Crippen LogP contribution in [-0.4, -0.2) is 47.8 Å². The van der Waals surface area contributed by atoms with Crippen LogP contribution in [0.3, 0.4) is 0 Å². The minimum atomic E-state index is -3.51. The number of carbonyl (C=O) groups is 1. The molecule has 2 N–H and O–H groups in total. The number of amides is 1. The SMILES string of the molecule is Cn1nc(C2CCCC2)cc1C(=O)N1CCCC(CS(N)(=O)=O)C1. The van der Waals surface area contributed by atoms with E-state index in [4.69, 9.17) is 5.14 Å². The fourth-order valence-electron chi connectivity index (χ4n) is 3.99. The molecule has 3 rings (SSSR count). The summed E-state index contributed by atoms with van der Waals surface area (Å²) in [7, 11) is -1.71. The van der Waals surface area contributed by atoms with Crippen molar-refractivity contribution in [1.29, 1.82) is 0 Å². The molecule has 2 heterocycles. The van der Waals surface area contributed by atoms with E-state index in [-0.39, 0.29) is 17.6 Å². The number of nitrogens with two attached hydrogens (primary N) is 1. The summed E-state index contributed by atoms with van der Waals surface area (Å²) in [6.45, 7) is 1.10. The summed E-state index contributed by atoms with van der Waals surface area (Å²) in [6, 6.07) is 1.92. The van der Waals surface area contributed by atoms with Gasteiger partial charge in [-0.1, -0.05) is 12.8 Å². The van der Waals surface area contributed by atoms with Crippen molar-refractivity contribution in [2.45, 2.75) is 44.4 Å². The molecule has 2 aliphatic rings. The molecule has 1 unspecified atom stereocenters. The van der Waals surface area contributed by atoms with Crippen LogP contribution in [-0.2, 0) is 17.1 Å². The van der Waals surface area contributed by atoms with Gasteiger partial charge in [-0.25, -0.2) is 13.6 Å². The molecule has 1 aromatic rings. The fourth-order valence-corrected chi connectivity index (χ4v) is 4.92. The summed E-state index contributed by atoms with van der Waals surface area (Å²) in [5.74, 6) is 0.262. The zero-order valence-corrected chi connectivity index (χ0v) is 15.0. The Kier molecular flexibility index (Phi) is 4.96. The number of nitrogens with zero attached hydrogens (tertiary/aromatic N) is 3. The molecular weight excluding hydrogens is 328 g/mol. The van der Waals surface area contributed by atoms with Crippen molar-refractivity contribution in [1.82, 2.24) is 14.7 Å². The first-order valence-electron chi connectivity index (χ1n) is 8.67. The van der Waals surface area contributed by atoms with E-state index in [0.717, 1.165) is 31.4 Å². The van der Waals surface area contributed by atoms with Crippen molar-refractivity contribution >= 4 is 15.9 Å². The number of aromatic nitrogens is 2. The summed E-state index contributed by atoms with van der Waals surface area (Å²) < 4.78 is 24.3. The van der Waals surface area contributed by atoms with Gasteiger partial charge in [-0.3, -0.25) is 9.48 Å². The van der Waals surface area contributed by atoms with Crippen molar-refractivity contribution in [3.05, 3.63) is 17.5 Å². The Bertz CT molecular complexity index is 707. The van der Waals surface area contributed by atoms with Crippen LogP contribution in [0.4, 0.5) is 0 Å². The van der Waals surface area contributed by atoms with E-state index in [1.807, 2.05) is 6.07 Å². The average molecular weight is 354 g/mol. The van der Waals surface area contributed by atoms with Crippen LogP contribution in [0.25, 0.3) is 0 Å². The summed E-state index contributed by atoms with van der Waals surface area (Å²) in [5.41, 5.74) is 1.60. The normalized spacial score (nSPS) is 22.9. The maximum absolute atomic E-state index is 12.8. The Balaban J connectivity index is 1.71. The first-order valence-corrected chi connectivity index (χ1v) is 10.4. The van der Waals surface area contributed by atoms with Crippen LogP contribution in [0.5, 0.6) is 0 Å². The van der Waals surface area contributed by atoms with Crippen LogP contribution >= 0.6 is 0 Å². The Labute approximate surface area is 143 Å². The monoisotopic (exact) mass is 354 g/mol. The van der Waals surface area contributed by atoms with Gasteiger partial charge in [0.25, 0.3) is 5.91 Å². The van der Waals surface area contributed by atoms with Crippen molar-refractivity contribution in [3.63, 3.8) is 0 Å². The van der Waals surface area contributed by atoms with Crippen molar-refractivity contribution in [3.8, 4) is 0 Å². The Morgan fingerprint density at radius 1 is 1.29 bits per heavy atom. The molecule has 1 aliphatic heterocycles. The number of hydrogen-bond acceptors (Lipinski definition) is 4. The van der Waals surface area contributed by atoms with E-state index in [9.17, 15) is 13.2 Å². The predicted molar refractivity (Wildman–Crippen MR) is 91.0 cm³/mol. The standard InChI is InChI=1S/C16H26N4O3S/c1-19-15(9-14(18-19)13-6-2-3-7-13)16(21)20-8-4-5-12(10-20)11-24(17,22)23/h9,12-13H,2-8,10-11H2,1H3,(H2,17,22,23). The lowest BCUT2D eigenvalue weighted by Gasteiger charge is -2.32. The summed E-state index contributed by atoms with van der Waals surface area (Å²) in [4.78, 5) is 14.6. The molecule has 1 aliphatic carbocycles. The number of carbonyl (C=O) groups excluding carboxylic acids is 1. The highest BCUT2D eigenvalue weighted by molar-refractivity contribution is 7.89. The Hall–Kier alpha value is -1.41. The lowest BCUT2D eigenvalue weighted by Crippen LogP contribution is -2.43. The second-order valence-corrected chi connectivity index (χ2v) is 8.81. The molecule has 134 valence electrons. The van der Waals surface area contributed by atoms with Gasteiger partial charge < -0.3 is 4.90 Å². The zero-order chi connectivity index (χ0) is 17.3. The van der Waals surface area contributed by atoms with Gasteiger partial charge in [0, 0.05) is 26.1 Å². The first kappa shape index (κ1) is 17.4. The lowest BCUT2D eigenvalue weighted by atomic mass is 9.99. The summed E-state index contributed by atoms with van der Waals surface area (Å²) >= 11 is 0. The van der Waals surface area contributed by atoms with Gasteiger partial charge in [-0.2, -0.15) is 5.10 Å². The van der Waals surface area contributed by atoms with Crippen molar-refractivity contribution in [2.75, 3.05) is 18.8 Å². The second-order valence-electron chi connectivity index (χ2n) is 7.15. The number of sulfonamides is 1. The topological polar surface area (TPSA) is 98.3 Å². The third-order valence-corrected chi connectivity index (χ3v) is 6.10. The van der Waals surface area contributed by atoms with E-state index < -0.39 is 10.0 Å². The molecule has 24 heavy (non-hydrogen) atoms. The largest absolute Gasteiger partial charge is 0.337 e. The first-order chi connectivity index (χ1) is 11.3.